The van der Waals surface area contributed by atoms with Crippen molar-refractivity contribution in [3.8, 4) is 5.75 Å². The Labute approximate surface area is 117 Å². The van der Waals surface area contributed by atoms with Gasteiger partial charge in [0.1, 0.15) is 5.75 Å². The van der Waals surface area contributed by atoms with Gasteiger partial charge >= 0.3 is 6.18 Å². The van der Waals surface area contributed by atoms with Crippen molar-refractivity contribution >= 4 is 17.4 Å². The summed E-state index contributed by atoms with van der Waals surface area (Å²) in [5, 5.41) is 9.81. The molecule has 0 aromatic heterocycles. The van der Waals surface area contributed by atoms with E-state index in [-0.39, 0.29) is 10.6 Å². The Kier molecular flexibility index (Phi) is 3.72. The van der Waals surface area contributed by atoms with Crippen molar-refractivity contribution in [1.29, 1.82) is 0 Å². The molecule has 2 nitrogen and oxygen atoms in total. The lowest BCUT2D eigenvalue weighted by molar-refractivity contribution is -0.137. The van der Waals surface area contributed by atoms with Gasteiger partial charge in [0, 0.05) is 10.6 Å². The summed E-state index contributed by atoms with van der Waals surface area (Å²) in [5.74, 6) is -1.37. The molecule has 0 aliphatic rings. The molecule has 0 saturated heterocycles. The molecule has 2 aromatic rings. The number of carbonyl (C=O) groups excluding carboxylic acids is 1. The van der Waals surface area contributed by atoms with E-state index in [1.807, 2.05) is 0 Å². The Balaban J connectivity index is 2.55. The van der Waals surface area contributed by atoms with E-state index in [2.05, 4.69) is 0 Å². The third-order valence-corrected chi connectivity index (χ3v) is 2.92. The quantitative estimate of drug-likeness (QED) is 0.840. The number of halogens is 4. The smallest absolute Gasteiger partial charge is 0.417 e. The number of phenolic OH excluding ortho intramolecular Hbond substituents is 1. The standard InChI is InChI=1S/C14H8ClF3O2/c15-8-5-6-10(12(19)7-8)13(20)9-3-1-2-4-11(9)14(16,17)18/h1-7,19H. The van der Waals surface area contributed by atoms with Crippen LogP contribution in [0.3, 0.4) is 0 Å². The Morgan fingerprint density at radius 1 is 1.05 bits per heavy atom. The lowest BCUT2D eigenvalue weighted by atomic mass is 9.97. The minimum Gasteiger partial charge on any atom is -0.507 e. The molecule has 1 N–H and O–H groups in total. The number of hydrogen-bond acceptors (Lipinski definition) is 2. The molecule has 20 heavy (non-hydrogen) atoms. The van der Waals surface area contributed by atoms with Gasteiger partial charge in [0.05, 0.1) is 11.1 Å². The van der Waals surface area contributed by atoms with Gasteiger partial charge in [-0.3, -0.25) is 4.79 Å². The zero-order valence-electron chi connectivity index (χ0n) is 9.91. The first kappa shape index (κ1) is 14.4. The lowest BCUT2D eigenvalue weighted by Crippen LogP contribution is -2.13. The zero-order valence-corrected chi connectivity index (χ0v) is 10.7. The highest BCUT2D eigenvalue weighted by Gasteiger charge is 2.35. The maximum Gasteiger partial charge on any atom is 0.417 e. The van der Waals surface area contributed by atoms with E-state index in [9.17, 15) is 23.1 Å². The van der Waals surface area contributed by atoms with Crippen molar-refractivity contribution in [3.05, 3.63) is 64.2 Å². The first-order valence-electron chi connectivity index (χ1n) is 5.50. The maximum atomic E-state index is 12.9. The number of alkyl halides is 3. The molecule has 0 saturated carbocycles. The van der Waals surface area contributed by atoms with E-state index in [0.29, 0.717) is 0 Å². The van der Waals surface area contributed by atoms with Crippen LogP contribution in [0.2, 0.25) is 5.02 Å². The van der Waals surface area contributed by atoms with Gasteiger partial charge in [-0.1, -0.05) is 29.8 Å². The number of hydrogen-bond donors (Lipinski definition) is 1. The molecule has 0 aliphatic carbocycles. The molecule has 0 radical (unpaired) electrons. The lowest BCUT2D eigenvalue weighted by Gasteiger charge is -2.12. The van der Waals surface area contributed by atoms with E-state index < -0.39 is 28.8 Å². The van der Waals surface area contributed by atoms with Gasteiger partial charge in [0.25, 0.3) is 0 Å². The van der Waals surface area contributed by atoms with Gasteiger partial charge in [-0.15, -0.1) is 0 Å². The maximum absolute atomic E-state index is 12.9. The SMILES string of the molecule is O=C(c1ccc(Cl)cc1O)c1ccccc1C(F)(F)F. The van der Waals surface area contributed by atoms with Crippen molar-refractivity contribution in [3.63, 3.8) is 0 Å². The van der Waals surface area contributed by atoms with E-state index in [0.717, 1.165) is 18.2 Å². The number of phenols is 1. The molecular formula is C14H8ClF3O2. The van der Waals surface area contributed by atoms with Crippen LogP contribution in [0.5, 0.6) is 5.75 Å². The second-order valence-corrected chi connectivity index (χ2v) is 4.47. The van der Waals surface area contributed by atoms with Crippen molar-refractivity contribution < 1.29 is 23.1 Å². The molecule has 0 atom stereocenters. The Hall–Kier alpha value is -2.01. The summed E-state index contributed by atoms with van der Waals surface area (Å²) < 4.78 is 38.6. The molecule has 0 amide bonds. The van der Waals surface area contributed by atoms with Gasteiger partial charge in [-0.05, 0) is 24.3 Å². The molecule has 0 unspecified atom stereocenters. The molecule has 0 spiro atoms. The van der Waals surface area contributed by atoms with Crippen LogP contribution in [0.4, 0.5) is 13.2 Å². The van der Waals surface area contributed by atoms with Crippen LogP contribution in [0.25, 0.3) is 0 Å². The van der Waals surface area contributed by atoms with Crippen LogP contribution in [-0.2, 0) is 6.18 Å². The van der Waals surface area contributed by atoms with Gasteiger partial charge in [-0.2, -0.15) is 13.2 Å². The number of benzene rings is 2. The highest BCUT2D eigenvalue weighted by Crippen LogP contribution is 2.34. The fourth-order valence-electron chi connectivity index (χ4n) is 1.77. The summed E-state index contributed by atoms with van der Waals surface area (Å²) in [6.07, 6.45) is -4.64. The fourth-order valence-corrected chi connectivity index (χ4v) is 1.94. The molecule has 0 bridgehead atoms. The Bertz CT molecular complexity index is 666. The van der Waals surface area contributed by atoms with Gasteiger partial charge in [0.15, 0.2) is 5.78 Å². The average molecular weight is 301 g/mol. The largest absolute Gasteiger partial charge is 0.507 e. The molecule has 6 heteroatoms. The van der Waals surface area contributed by atoms with Crippen LogP contribution in [0, 0.1) is 0 Å². The third kappa shape index (κ3) is 2.77. The van der Waals surface area contributed by atoms with Gasteiger partial charge < -0.3 is 5.11 Å². The molecule has 0 heterocycles. The molecular weight excluding hydrogens is 293 g/mol. The number of ketones is 1. The van der Waals surface area contributed by atoms with Gasteiger partial charge in [-0.25, -0.2) is 0 Å². The first-order valence-corrected chi connectivity index (χ1v) is 5.88. The van der Waals surface area contributed by atoms with Crippen molar-refractivity contribution in [2.24, 2.45) is 0 Å². The van der Waals surface area contributed by atoms with Crippen LogP contribution < -0.4 is 0 Å². The Morgan fingerprint density at radius 2 is 1.70 bits per heavy atom. The van der Waals surface area contributed by atoms with E-state index >= 15 is 0 Å². The van der Waals surface area contributed by atoms with Crippen molar-refractivity contribution in [2.75, 3.05) is 0 Å². The van der Waals surface area contributed by atoms with E-state index in [1.165, 1.54) is 24.3 Å². The van der Waals surface area contributed by atoms with Crippen molar-refractivity contribution in [2.45, 2.75) is 6.18 Å². The minimum atomic E-state index is -4.64. The zero-order chi connectivity index (χ0) is 14.9. The molecule has 0 aliphatic heterocycles. The summed E-state index contributed by atoms with van der Waals surface area (Å²) in [7, 11) is 0. The average Bonchev–Trinajstić information content (AvgIpc) is 2.37. The predicted molar refractivity (Wildman–Crippen MR) is 68.0 cm³/mol. The number of rotatable bonds is 2. The van der Waals surface area contributed by atoms with Gasteiger partial charge in [0.2, 0.25) is 0 Å². The van der Waals surface area contributed by atoms with E-state index in [1.54, 1.807) is 0 Å². The summed E-state index contributed by atoms with van der Waals surface area (Å²) in [6.45, 7) is 0. The van der Waals surface area contributed by atoms with Crippen molar-refractivity contribution in [1.82, 2.24) is 0 Å². The molecule has 104 valence electrons. The summed E-state index contributed by atoms with van der Waals surface area (Å²) in [6, 6.07) is 8.03. The molecule has 0 fully saturated rings. The van der Waals surface area contributed by atoms with Crippen LogP contribution in [0.15, 0.2) is 42.5 Å². The predicted octanol–water partition coefficient (Wildman–Crippen LogP) is 4.30. The first-order chi connectivity index (χ1) is 9.30. The number of carbonyl (C=O) groups is 1. The monoisotopic (exact) mass is 300 g/mol. The topological polar surface area (TPSA) is 37.3 Å². The Morgan fingerprint density at radius 3 is 2.30 bits per heavy atom. The number of aromatic hydroxyl groups is 1. The highest BCUT2D eigenvalue weighted by atomic mass is 35.5. The van der Waals surface area contributed by atoms with E-state index in [4.69, 9.17) is 11.6 Å². The molecule has 2 aromatic carbocycles. The normalized spacial score (nSPS) is 11.4. The summed E-state index contributed by atoms with van der Waals surface area (Å²) in [5.41, 5.74) is -1.79. The second-order valence-electron chi connectivity index (χ2n) is 4.03. The summed E-state index contributed by atoms with van der Waals surface area (Å²) >= 11 is 5.62. The minimum absolute atomic E-state index is 0.183. The second kappa shape index (κ2) is 5.17. The molecule has 2 rings (SSSR count). The highest BCUT2D eigenvalue weighted by molar-refractivity contribution is 6.31. The summed E-state index contributed by atoms with van der Waals surface area (Å²) in [4.78, 5) is 12.1. The van der Waals surface area contributed by atoms with Crippen LogP contribution in [0.1, 0.15) is 21.5 Å². The van der Waals surface area contributed by atoms with Crippen LogP contribution >= 0.6 is 11.6 Å². The third-order valence-electron chi connectivity index (χ3n) is 2.68. The van der Waals surface area contributed by atoms with Crippen LogP contribution in [-0.4, -0.2) is 10.9 Å². The fraction of sp³-hybridized carbons (Fsp3) is 0.0714.